The van der Waals surface area contributed by atoms with Gasteiger partial charge in [0.25, 0.3) is 0 Å². The molecular formula is C14H23N3O2. The van der Waals surface area contributed by atoms with E-state index in [-0.39, 0.29) is 5.91 Å². The quantitative estimate of drug-likeness (QED) is 0.903. The summed E-state index contributed by atoms with van der Waals surface area (Å²) < 4.78 is 5.17. The fraction of sp³-hybridized carbons (Fsp3) is 0.714. The highest BCUT2D eigenvalue weighted by Gasteiger charge is 2.34. The van der Waals surface area contributed by atoms with E-state index in [4.69, 9.17) is 4.74 Å². The van der Waals surface area contributed by atoms with Crippen molar-refractivity contribution in [2.45, 2.75) is 33.7 Å². The summed E-state index contributed by atoms with van der Waals surface area (Å²) in [5.41, 5.74) is 1.81. The normalized spacial score (nSPS) is 20.0. The number of carbonyl (C=O) groups excluding carboxylic acids is 1. The number of hydrogen-bond donors (Lipinski definition) is 1. The van der Waals surface area contributed by atoms with Crippen LogP contribution in [0.4, 0.5) is 0 Å². The molecule has 0 saturated carbocycles. The largest absolute Gasteiger partial charge is 0.384 e. The van der Waals surface area contributed by atoms with E-state index in [1.807, 2.05) is 24.9 Å². The standard InChI is InChI=1S/C14H23N3O2/c1-10-5-12-11(6-15-16-12)8-17(7-10)13(18)14(2,3)9-19-4/h6,10H,5,7-9H2,1-4H3,(H,15,16). The highest BCUT2D eigenvalue weighted by Crippen LogP contribution is 2.25. The van der Waals surface area contributed by atoms with Gasteiger partial charge in [-0.25, -0.2) is 0 Å². The zero-order valence-electron chi connectivity index (χ0n) is 12.2. The predicted molar refractivity (Wildman–Crippen MR) is 72.5 cm³/mol. The molecule has 0 aromatic carbocycles. The Hall–Kier alpha value is -1.36. The third-order valence-electron chi connectivity index (χ3n) is 3.62. The number of H-pyrrole nitrogens is 1. The van der Waals surface area contributed by atoms with Gasteiger partial charge < -0.3 is 9.64 Å². The molecule has 5 nitrogen and oxygen atoms in total. The minimum absolute atomic E-state index is 0.148. The molecule has 0 fully saturated rings. The average Bonchev–Trinajstić information content (AvgIpc) is 2.68. The van der Waals surface area contributed by atoms with Crippen LogP contribution in [0.15, 0.2) is 6.20 Å². The van der Waals surface area contributed by atoms with Gasteiger partial charge in [-0.3, -0.25) is 9.89 Å². The van der Waals surface area contributed by atoms with Crippen LogP contribution in [0.25, 0.3) is 0 Å². The van der Waals surface area contributed by atoms with Gasteiger partial charge in [-0.1, -0.05) is 6.92 Å². The third kappa shape index (κ3) is 2.97. The number of amides is 1. The van der Waals surface area contributed by atoms with Crippen LogP contribution in [0.3, 0.4) is 0 Å². The van der Waals surface area contributed by atoms with Crippen LogP contribution in [-0.4, -0.2) is 41.3 Å². The fourth-order valence-electron chi connectivity index (χ4n) is 2.72. The Kier molecular flexibility index (Phi) is 3.94. The molecule has 1 aromatic rings. The number of methoxy groups -OCH3 is 1. The van der Waals surface area contributed by atoms with Gasteiger partial charge in [0.2, 0.25) is 5.91 Å². The number of aromatic nitrogens is 2. The summed E-state index contributed by atoms with van der Waals surface area (Å²) in [5.74, 6) is 0.583. The van der Waals surface area contributed by atoms with E-state index in [2.05, 4.69) is 17.1 Å². The lowest BCUT2D eigenvalue weighted by Gasteiger charge is -2.31. The Balaban J connectivity index is 2.19. The highest BCUT2D eigenvalue weighted by atomic mass is 16.5. The molecule has 1 aromatic heterocycles. The molecule has 1 atom stereocenters. The first-order valence-electron chi connectivity index (χ1n) is 6.73. The minimum atomic E-state index is -0.483. The maximum Gasteiger partial charge on any atom is 0.230 e. The molecule has 2 heterocycles. The number of hydrogen-bond acceptors (Lipinski definition) is 3. The molecule has 1 unspecified atom stereocenters. The molecule has 0 saturated heterocycles. The molecule has 106 valence electrons. The smallest absolute Gasteiger partial charge is 0.230 e. The highest BCUT2D eigenvalue weighted by molar-refractivity contribution is 5.82. The number of aromatic amines is 1. The first kappa shape index (κ1) is 14.1. The van der Waals surface area contributed by atoms with Gasteiger partial charge >= 0.3 is 0 Å². The number of ether oxygens (including phenoxy) is 1. The molecule has 0 spiro atoms. The average molecular weight is 265 g/mol. The Labute approximate surface area is 114 Å². The Morgan fingerprint density at radius 1 is 1.63 bits per heavy atom. The topological polar surface area (TPSA) is 58.2 Å². The van der Waals surface area contributed by atoms with Crippen molar-refractivity contribution in [1.82, 2.24) is 15.1 Å². The number of nitrogens with one attached hydrogen (secondary N) is 1. The number of carbonyl (C=O) groups is 1. The van der Waals surface area contributed by atoms with E-state index in [1.165, 1.54) is 0 Å². The van der Waals surface area contributed by atoms with Crippen molar-refractivity contribution in [1.29, 1.82) is 0 Å². The molecule has 0 radical (unpaired) electrons. The molecular weight excluding hydrogens is 242 g/mol. The number of rotatable bonds is 3. The molecule has 0 aliphatic carbocycles. The summed E-state index contributed by atoms with van der Waals surface area (Å²) >= 11 is 0. The summed E-state index contributed by atoms with van der Waals surface area (Å²) in [6.07, 6.45) is 2.78. The molecule has 0 bridgehead atoms. The molecule has 19 heavy (non-hydrogen) atoms. The maximum absolute atomic E-state index is 12.7. The predicted octanol–water partition coefficient (Wildman–Crippen LogP) is 1.60. The lowest BCUT2D eigenvalue weighted by Crippen LogP contribution is -2.44. The van der Waals surface area contributed by atoms with Crippen LogP contribution >= 0.6 is 0 Å². The third-order valence-corrected chi connectivity index (χ3v) is 3.62. The zero-order chi connectivity index (χ0) is 14.0. The van der Waals surface area contributed by atoms with Crippen molar-refractivity contribution in [3.8, 4) is 0 Å². The van der Waals surface area contributed by atoms with Crippen LogP contribution < -0.4 is 0 Å². The Bertz CT molecular complexity index is 453. The summed E-state index contributed by atoms with van der Waals surface area (Å²) in [7, 11) is 1.63. The first-order chi connectivity index (χ1) is 8.94. The second kappa shape index (κ2) is 5.33. The van der Waals surface area contributed by atoms with E-state index in [0.717, 1.165) is 24.2 Å². The molecule has 5 heteroatoms. The van der Waals surface area contributed by atoms with Crippen molar-refractivity contribution >= 4 is 5.91 Å². The summed E-state index contributed by atoms with van der Waals surface area (Å²) in [5, 5.41) is 7.12. The second-order valence-electron chi connectivity index (χ2n) is 6.19. The van der Waals surface area contributed by atoms with Crippen molar-refractivity contribution < 1.29 is 9.53 Å². The van der Waals surface area contributed by atoms with Gasteiger partial charge in [-0.2, -0.15) is 5.10 Å². The fourth-order valence-corrected chi connectivity index (χ4v) is 2.72. The van der Waals surface area contributed by atoms with Crippen LogP contribution in [0.5, 0.6) is 0 Å². The van der Waals surface area contributed by atoms with Crippen LogP contribution in [0.2, 0.25) is 0 Å². The number of fused-ring (bicyclic) bond motifs is 1. The van der Waals surface area contributed by atoms with E-state index < -0.39 is 5.41 Å². The minimum Gasteiger partial charge on any atom is -0.384 e. The van der Waals surface area contributed by atoms with Gasteiger partial charge in [0.1, 0.15) is 0 Å². The van der Waals surface area contributed by atoms with Crippen molar-refractivity contribution in [3.05, 3.63) is 17.5 Å². The molecule has 2 rings (SSSR count). The lowest BCUT2D eigenvalue weighted by atomic mass is 9.92. The van der Waals surface area contributed by atoms with Crippen LogP contribution in [0.1, 0.15) is 32.0 Å². The van der Waals surface area contributed by atoms with Gasteiger partial charge in [-0.15, -0.1) is 0 Å². The van der Waals surface area contributed by atoms with Crippen LogP contribution in [0, 0.1) is 11.3 Å². The van der Waals surface area contributed by atoms with Gasteiger partial charge in [-0.05, 0) is 26.2 Å². The molecule has 1 aliphatic rings. The lowest BCUT2D eigenvalue weighted by molar-refractivity contribution is -0.144. The molecule has 1 aliphatic heterocycles. The second-order valence-corrected chi connectivity index (χ2v) is 6.19. The van der Waals surface area contributed by atoms with Crippen molar-refractivity contribution in [3.63, 3.8) is 0 Å². The summed E-state index contributed by atoms with van der Waals surface area (Å²) in [6, 6.07) is 0. The zero-order valence-corrected chi connectivity index (χ0v) is 12.2. The SMILES string of the molecule is COCC(C)(C)C(=O)N1Cc2cn[nH]c2CC(C)C1. The summed E-state index contributed by atoms with van der Waals surface area (Å²) in [4.78, 5) is 14.6. The molecule has 1 amide bonds. The number of nitrogens with zero attached hydrogens (tertiary/aromatic N) is 2. The van der Waals surface area contributed by atoms with Gasteiger partial charge in [0.05, 0.1) is 18.2 Å². The summed E-state index contributed by atoms with van der Waals surface area (Å²) in [6.45, 7) is 7.90. The van der Waals surface area contributed by atoms with E-state index >= 15 is 0 Å². The van der Waals surface area contributed by atoms with Crippen molar-refractivity contribution in [2.75, 3.05) is 20.3 Å². The van der Waals surface area contributed by atoms with Gasteiger partial charge in [0, 0.05) is 31.5 Å². The van der Waals surface area contributed by atoms with E-state index in [0.29, 0.717) is 19.1 Å². The monoisotopic (exact) mass is 265 g/mol. The Morgan fingerprint density at radius 2 is 2.37 bits per heavy atom. The van der Waals surface area contributed by atoms with Crippen molar-refractivity contribution in [2.24, 2.45) is 11.3 Å². The maximum atomic E-state index is 12.7. The van der Waals surface area contributed by atoms with E-state index in [9.17, 15) is 4.79 Å². The van der Waals surface area contributed by atoms with E-state index in [1.54, 1.807) is 7.11 Å². The first-order valence-corrected chi connectivity index (χ1v) is 6.73. The van der Waals surface area contributed by atoms with Gasteiger partial charge in [0.15, 0.2) is 0 Å². The Morgan fingerprint density at radius 3 is 3.05 bits per heavy atom. The molecule has 1 N–H and O–H groups in total. The van der Waals surface area contributed by atoms with Crippen LogP contribution in [-0.2, 0) is 22.5 Å².